The molecule has 1 N–H and O–H groups in total. The van der Waals surface area contributed by atoms with Gasteiger partial charge in [0.15, 0.2) is 0 Å². The molecule has 0 saturated carbocycles. The molecule has 184 valence electrons. The van der Waals surface area contributed by atoms with Gasteiger partial charge in [-0.15, -0.1) is 0 Å². The van der Waals surface area contributed by atoms with Crippen molar-refractivity contribution in [3.63, 3.8) is 0 Å². The van der Waals surface area contributed by atoms with Gasteiger partial charge in [0.25, 0.3) is 0 Å². The first-order chi connectivity index (χ1) is 16.9. The van der Waals surface area contributed by atoms with Gasteiger partial charge in [-0.1, -0.05) is 24.6 Å². The summed E-state index contributed by atoms with van der Waals surface area (Å²) < 4.78 is 40.7. The number of aryl methyl sites for hydroxylation is 1. The third-order valence-electron chi connectivity index (χ3n) is 7.06. The summed E-state index contributed by atoms with van der Waals surface area (Å²) in [5.41, 5.74) is 3.95. The Bertz CT molecular complexity index is 1360. The Morgan fingerprint density at radius 2 is 1.77 bits per heavy atom. The monoisotopic (exact) mass is 495 g/mol. The average Bonchev–Trinajstić information content (AvgIpc) is 3.31. The number of rotatable bonds is 6. The highest BCUT2D eigenvalue weighted by Gasteiger charge is 2.26. The average molecular weight is 496 g/mol. The lowest BCUT2D eigenvalue weighted by molar-refractivity contribution is -0.130. The number of amides is 1. The second kappa shape index (κ2) is 9.95. The molecule has 1 aromatic heterocycles. The van der Waals surface area contributed by atoms with E-state index in [-0.39, 0.29) is 11.7 Å². The first kappa shape index (κ1) is 23.8. The van der Waals surface area contributed by atoms with Crippen molar-refractivity contribution >= 4 is 32.4 Å². The molecule has 2 aliphatic heterocycles. The third kappa shape index (κ3) is 5.04. The Hall–Kier alpha value is -2.97. The van der Waals surface area contributed by atoms with Crippen LogP contribution in [-0.4, -0.2) is 54.7 Å². The molecule has 1 fully saturated rings. The Morgan fingerprint density at radius 1 is 1.00 bits per heavy atom. The van der Waals surface area contributed by atoms with Crippen LogP contribution in [0.25, 0.3) is 16.5 Å². The van der Waals surface area contributed by atoms with E-state index in [4.69, 9.17) is 0 Å². The van der Waals surface area contributed by atoms with Gasteiger partial charge in [0.05, 0.1) is 4.90 Å². The minimum atomic E-state index is -3.44. The molecule has 35 heavy (non-hydrogen) atoms. The molecule has 0 spiro atoms. The minimum Gasteiger partial charge on any atom is -0.360 e. The van der Waals surface area contributed by atoms with Gasteiger partial charge in [-0.3, -0.25) is 4.79 Å². The van der Waals surface area contributed by atoms with E-state index in [0.717, 1.165) is 53.3 Å². The predicted molar refractivity (Wildman–Crippen MR) is 135 cm³/mol. The molecule has 0 bridgehead atoms. The summed E-state index contributed by atoms with van der Waals surface area (Å²) in [4.78, 5) is 18.1. The summed E-state index contributed by atoms with van der Waals surface area (Å²) in [5.74, 6) is -0.176. The Balaban J connectivity index is 1.17. The molecule has 8 heteroatoms. The van der Waals surface area contributed by atoms with E-state index in [0.29, 0.717) is 43.9 Å². The number of halogens is 1. The van der Waals surface area contributed by atoms with Gasteiger partial charge >= 0.3 is 0 Å². The summed E-state index contributed by atoms with van der Waals surface area (Å²) in [6.45, 7) is 2.37. The second-order valence-corrected chi connectivity index (χ2v) is 11.3. The maximum Gasteiger partial charge on any atom is 0.243 e. The normalized spacial score (nSPS) is 17.5. The van der Waals surface area contributed by atoms with E-state index >= 15 is 0 Å². The van der Waals surface area contributed by atoms with Crippen LogP contribution in [-0.2, 0) is 21.2 Å². The highest BCUT2D eigenvalue weighted by Crippen LogP contribution is 2.30. The molecule has 0 unspecified atom stereocenters. The van der Waals surface area contributed by atoms with Crippen LogP contribution in [0, 0.1) is 5.82 Å². The Morgan fingerprint density at radius 3 is 2.49 bits per heavy atom. The van der Waals surface area contributed by atoms with Crippen LogP contribution in [0.5, 0.6) is 0 Å². The van der Waals surface area contributed by atoms with E-state index in [1.165, 1.54) is 12.1 Å². The van der Waals surface area contributed by atoms with Gasteiger partial charge in [-0.2, -0.15) is 4.31 Å². The fraction of sp³-hybridized carbons (Fsp3) is 0.370. The number of nitrogens with zero attached hydrogens (tertiary/aromatic N) is 2. The highest BCUT2D eigenvalue weighted by molar-refractivity contribution is 7.89. The van der Waals surface area contributed by atoms with Crippen molar-refractivity contribution in [3.05, 3.63) is 71.7 Å². The molecule has 0 aliphatic carbocycles. The molecule has 1 saturated heterocycles. The van der Waals surface area contributed by atoms with Gasteiger partial charge < -0.3 is 9.88 Å². The van der Waals surface area contributed by atoms with Crippen LogP contribution >= 0.6 is 0 Å². The van der Waals surface area contributed by atoms with Crippen LogP contribution in [0.2, 0.25) is 0 Å². The number of benzene rings is 2. The summed E-state index contributed by atoms with van der Waals surface area (Å²) in [6.07, 6.45) is 8.59. The van der Waals surface area contributed by atoms with Crippen LogP contribution in [0.4, 0.5) is 4.39 Å². The zero-order valence-electron chi connectivity index (χ0n) is 19.7. The molecule has 6 nitrogen and oxygen atoms in total. The zero-order chi connectivity index (χ0) is 24.4. The van der Waals surface area contributed by atoms with Crippen molar-refractivity contribution in [3.8, 4) is 0 Å². The van der Waals surface area contributed by atoms with Crippen LogP contribution in [0.1, 0.15) is 43.2 Å². The van der Waals surface area contributed by atoms with E-state index < -0.39 is 10.0 Å². The predicted octanol–water partition coefficient (Wildman–Crippen LogP) is 4.73. The maximum absolute atomic E-state index is 13.5. The second-order valence-electron chi connectivity index (χ2n) is 9.32. The lowest BCUT2D eigenvalue weighted by Crippen LogP contribution is -2.35. The standard InChI is InChI=1S/C27H30FN3O3S/c28-22-7-10-24-25(19-29-26(24)18-22)21-12-16-30(17-13-21)27(32)11-6-20-4-8-23(9-5-20)35(33,34)31-14-2-1-3-15-31/h4-5,7-10,12,18-19,29H,1-3,6,11,13-17H2. The number of sulfonamides is 1. The fourth-order valence-electron chi connectivity index (χ4n) is 5.00. The Kier molecular flexibility index (Phi) is 6.75. The number of hydrogen-bond donors (Lipinski definition) is 1. The number of carbonyl (C=O) groups is 1. The van der Waals surface area contributed by atoms with Gasteiger partial charge in [0.2, 0.25) is 15.9 Å². The molecule has 3 heterocycles. The van der Waals surface area contributed by atoms with Crippen molar-refractivity contribution < 1.29 is 17.6 Å². The number of piperidine rings is 1. The van der Waals surface area contributed by atoms with Crippen molar-refractivity contribution in [2.24, 2.45) is 0 Å². The number of carbonyl (C=O) groups excluding carboxylic acids is 1. The topological polar surface area (TPSA) is 73.5 Å². The SMILES string of the molecule is O=C(CCc1ccc(S(=O)(=O)N2CCCCC2)cc1)N1CC=C(c2c[nH]c3cc(F)ccc23)CC1. The molecule has 5 rings (SSSR count). The molecule has 0 radical (unpaired) electrons. The van der Waals surface area contributed by atoms with Crippen molar-refractivity contribution in [1.82, 2.24) is 14.2 Å². The number of fused-ring (bicyclic) bond motifs is 1. The number of aromatic amines is 1. The van der Waals surface area contributed by atoms with Gasteiger partial charge in [-0.25, -0.2) is 12.8 Å². The van der Waals surface area contributed by atoms with Crippen molar-refractivity contribution in [2.75, 3.05) is 26.2 Å². The van der Waals surface area contributed by atoms with Gasteiger partial charge in [0.1, 0.15) is 5.82 Å². The summed E-state index contributed by atoms with van der Waals surface area (Å²) in [5, 5.41) is 0.989. The number of H-pyrrole nitrogens is 1. The van der Waals surface area contributed by atoms with Gasteiger partial charge in [-0.05, 0) is 67.2 Å². The first-order valence-corrected chi connectivity index (χ1v) is 13.7. The highest BCUT2D eigenvalue weighted by atomic mass is 32.2. The van der Waals surface area contributed by atoms with Crippen LogP contribution in [0.15, 0.2) is 59.6 Å². The molecule has 0 atom stereocenters. The van der Waals surface area contributed by atoms with Crippen LogP contribution in [0.3, 0.4) is 0 Å². The van der Waals surface area contributed by atoms with Crippen LogP contribution < -0.4 is 0 Å². The minimum absolute atomic E-state index is 0.0892. The summed E-state index contributed by atoms with van der Waals surface area (Å²) in [7, 11) is -3.44. The third-order valence-corrected chi connectivity index (χ3v) is 8.97. The fourth-order valence-corrected chi connectivity index (χ4v) is 6.51. The quantitative estimate of drug-likeness (QED) is 0.537. The van der Waals surface area contributed by atoms with Crippen molar-refractivity contribution in [2.45, 2.75) is 43.4 Å². The molecule has 1 amide bonds. The van der Waals surface area contributed by atoms with E-state index in [1.807, 2.05) is 23.2 Å². The maximum atomic E-state index is 13.5. The number of aromatic nitrogens is 1. The smallest absolute Gasteiger partial charge is 0.243 e. The van der Waals surface area contributed by atoms with Crippen molar-refractivity contribution in [1.29, 1.82) is 0 Å². The summed E-state index contributed by atoms with van der Waals surface area (Å²) in [6, 6.07) is 11.7. The molecule has 2 aliphatic rings. The lowest BCUT2D eigenvalue weighted by atomic mass is 9.98. The largest absolute Gasteiger partial charge is 0.360 e. The van der Waals surface area contributed by atoms with E-state index in [2.05, 4.69) is 11.1 Å². The zero-order valence-corrected chi connectivity index (χ0v) is 20.5. The number of nitrogens with one attached hydrogen (secondary N) is 1. The first-order valence-electron chi connectivity index (χ1n) is 12.2. The Labute approximate surface area is 205 Å². The molecular weight excluding hydrogens is 465 g/mol. The lowest BCUT2D eigenvalue weighted by Gasteiger charge is -2.27. The van der Waals surface area contributed by atoms with Gasteiger partial charge in [0, 0.05) is 55.3 Å². The van der Waals surface area contributed by atoms with E-state index in [9.17, 15) is 17.6 Å². The molecule has 2 aromatic carbocycles. The molecule has 3 aromatic rings. The van der Waals surface area contributed by atoms with E-state index in [1.54, 1.807) is 22.5 Å². The molecular formula is C27H30FN3O3S. The summed E-state index contributed by atoms with van der Waals surface area (Å²) >= 11 is 0. The number of hydrogen-bond acceptors (Lipinski definition) is 3.